The van der Waals surface area contributed by atoms with Crippen molar-refractivity contribution in [1.82, 2.24) is 30.6 Å². The molecule has 0 bridgehead atoms. The second-order valence-electron chi connectivity index (χ2n) is 11.5. The van der Waals surface area contributed by atoms with Crippen molar-refractivity contribution in [3.8, 4) is 12.5 Å². The van der Waals surface area contributed by atoms with Gasteiger partial charge in [-0.05, 0) is 69.5 Å². The second-order valence-corrected chi connectivity index (χ2v) is 13.1. The van der Waals surface area contributed by atoms with Crippen LogP contribution in [-0.4, -0.2) is 74.4 Å². The van der Waals surface area contributed by atoms with Gasteiger partial charge in [0.05, 0.1) is 48.9 Å². The van der Waals surface area contributed by atoms with Crippen LogP contribution >= 0.6 is 7.82 Å². The van der Waals surface area contributed by atoms with E-state index in [2.05, 4.69) is 45.7 Å². The Kier molecular flexibility index (Phi) is 14.8. The molecule has 0 aliphatic carbocycles. The molecular weight excluding hydrogens is 723 g/mol. The number of anilines is 3. The number of hydrogen-bond donors (Lipinski definition) is 6. The first-order chi connectivity index (χ1) is 25.9. The minimum atomic E-state index is -3.83. The SMILES string of the molecule is C#COP(=O)(OCC)OCCCCNC(=O)c1ccccc1Nc1nc(=O)c2nc(CNc3ccc(C(=O)N[C@@H](CCC(=O)O)C(C)=O)cc3)cnc2[nH]1. The maximum absolute atomic E-state index is 13.0. The van der Waals surface area contributed by atoms with E-state index < -0.39 is 31.3 Å². The lowest BCUT2D eigenvalue weighted by Crippen LogP contribution is -2.40. The van der Waals surface area contributed by atoms with Crippen LogP contribution in [0.5, 0.6) is 0 Å². The third-order valence-corrected chi connectivity index (χ3v) is 8.92. The average molecular weight is 763 g/mol. The molecule has 1 unspecified atom stereocenters. The molecule has 2 atom stereocenters. The Labute approximate surface area is 309 Å². The summed E-state index contributed by atoms with van der Waals surface area (Å²) >= 11 is 0. The summed E-state index contributed by atoms with van der Waals surface area (Å²) in [6.45, 7) is 3.50. The molecule has 54 heavy (non-hydrogen) atoms. The van der Waals surface area contributed by atoms with Crippen molar-refractivity contribution in [2.24, 2.45) is 0 Å². The Morgan fingerprint density at radius 2 is 1.80 bits per heavy atom. The number of ketones is 1. The summed E-state index contributed by atoms with van der Waals surface area (Å²) in [7, 11) is -3.83. The standard InChI is InChI=1S/C35H39N8O10P/c1-4-51-54(50,52-5-2)53-19-9-8-18-36-33(48)26-10-6-7-11-28(26)41-35-42-31-30(34(49)43-35)39-25(21-38-31)20-37-24-14-12-23(13-15-24)32(47)40-27(22(3)44)16-17-29(45)46/h1,6-7,10-15,21,27,37H,5,8-9,16-20H2,2-3H3,(H,36,48)(H,40,47)(H,45,46)(H2,38,41,42,43,49)/t27-,54?/m0/s1. The third kappa shape index (κ3) is 12.0. The molecule has 2 heterocycles. The number of carbonyl (C=O) groups excluding carboxylic acids is 3. The van der Waals surface area contributed by atoms with Crippen LogP contribution in [0, 0.1) is 12.5 Å². The number of aliphatic carboxylic acids is 1. The molecule has 4 aromatic rings. The van der Waals surface area contributed by atoms with E-state index in [1.807, 2.05) is 0 Å². The number of aromatic nitrogens is 4. The van der Waals surface area contributed by atoms with Gasteiger partial charge in [-0.3, -0.25) is 33.0 Å². The molecule has 18 nitrogen and oxygen atoms in total. The van der Waals surface area contributed by atoms with Crippen LogP contribution in [0.1, 0.15) is 65.9 Å². The Morgan fingerprint density at radius 1 is 1.04 bits per heavy atom. The van der Waals surface area contributed by atoms with Crippen molar-refractivity contribution < 1.29 is 42.4 Å². The van der Waals surface area contributed by atoms with Gasteiger partial charge < -0.3 is 35.9 Å². The summed E-state index contributed by atoms with van der Waals surface area (Å²) in [6.07, 6.45) is 8.97. The molecule has 0 fully saturated rings. The predicted octanol–water partition coefficient (Wildman–Crippen LogP) is 3.90. The fourth-order valence-corrected chi connectivity index (χ4v) is 5.83. The maximum atomic E-state index is 13.0. The van der Waals surface area contributed by atoms with E-state index in [1.54, 1.807) is 61.6 Å². The van der Waals surface area contributed by atoms with Gasteiger partial charge in [-0.25, -0.2) is 14.5 Å². The molecule has 284 valence electrons. The summed E-state index contributed by atoms with van der Waals surface area (Å²) < 4.78 is 27.0. The molecular formula is C35H39N8O10P. The number of fused-ring (bicyclic) bond motifs is 1. The molecule has 19 heteroatoms. The van der Waals surface area contributed by atoms with E-state index >= 15 is 0 Å². The van der Waals surface area contributed by atoms with Crippen molar-refractivity contribution in [3.05, 3.63) is 81.9 Å². The van der Waals surface area contributed by atoms with E-state index in [0.29, 0.717) is 29.9 Å². The zero-order chi connectivity index (χ0) is 39.1. The van der Waals surface area contributed by atoms with Gasteiger partial charge in [-0.15, -0.1) is 0 Å². The van der Waals surface area contributed by atoms with Crippen molar-refractivity contribution in [3.63, 3.8) is 0 Å². The lowest BCUT2D eigenvalue weighted by atomic mass is 10.1. The van der Waals surface area contributed by atoms with E-state index in [0.717, 1.165) is 0 Å². The van der Waals surface area contributed by atoms with Crippen LogP contribution in [0.25, 0.3) is 11.2 Å². The van der Waals surface area contributed by atoms with Crippen LogP contribution in [0.2, 0.25) is 0 Å². The largest absolute Gasteiger partial charge is 0.538 e. The first-order valence-corrected chi connectivity index (χ1v) is 18.2. The highest BCUT2D eigenvalue weighted by Gasteiger charge is 2.26. The average Bonchev–Trinajstić information content (AvgIpc) is 3.14. The van der Waals surface area contributed by atoms with Crippen molar-refractivity contribution in [2.75, 3.05) is 30.4 Å². The number of amides is 2. The molecule has 0 saturated carbocycles. The highest BCUT2D eigenvalue weighted by atomic mass is 31.2. The van der Waals surface area contributed by atoms with Gasteiger partial charge in [0, 0.05) is 24.2 Å². The van der Waals surface area contributed by atoms with E-state index in [4.69, 9.17) is 20.6 Å². The van der Waals surface area contributed by atoms with Gasteiger partial charge in [-0.1, -0.05) is 18.6 Å². The summed E-state index contributed by atoms with van der Waals surface area (Å²) in [4.78, 5) is 77.0. The number of aromatic amines is 1. The fourth-order valence-electron chi connectivity index (χ4n) is 4.85. The van der Waals surface area contributed by atoms with Crippen LogP contribution in [0.3, 0.4) is 0 Å². The number of nitrogens with one attached hydrogen (secondary N) is 5. The Morgan fingerprint density at radius 3 is 2.50 bits per heavy atom. The van der Waals surface area contributed by atoms with Crippen LogP contribution in [0.4, 0.5) is 17.3 Å². The number of H-pyrrole nitrogens is 1. The molecule has 2 aromatic heterocycles. The lowest BCUT2D eigenvalue weighted by Gasteiger charge is -2.15. The van der Waals surface area contributed by atoms with Gasteiger partial charge in [0.25, 0.3) is 11.8 Å². The number of para-hydroxylation sites is 1. The minimum absolute atomic E-state index is 0.00624. The first-order valence-electron chi connectivity index (χ1n) is 16.7. The smallest absolute Gasteiger partial charge is 0.481 e. The van der Waals surface area contributed by atoms with Crippen molar-refractivity contribution in [1.29, 1.82) is 0 Å². The third-order valence-electron chi connectivity index (χ3n) is 7.52. The lowest BCUT2D eigenvalue weighted by molar-refractivity contribution is -0.137. The molecule has 2 amide bonds. The van der Waals surface area contributed by atoms with Gasteiger partial charge in [-0.2, -0.15) is 4.98 Å². The van der Waals surface area contributed by atoms with Crippen LogP contribution in [-0.2, 0) is 34.3 Å². The first kappa shape index (κ1) is 40.6. The number of carboxylic acids is 1. The number of phosphoric acid groups is 1. The zero-order valence-corrected chi connectivity index (χ0v) is 30.3. The summed E-state index contributed by atoms with van der Waals surface area (Å²) in [6, 6.07) is 12.1. The molecule has 0 spiro atoms. The summed E-state index contributed by atoms with van der Waals surface area (Å²) in [5, 5.41) is 20.4. The number of carboxylic acid groups (broad SMARTS) is 1. The van der Waals surface area contributed by atoms with E-state index in [9.17, 15) is 28.5 Å². The molecule has 0 aliphatic rings. The summed E-state index contributed by atoms with van der Waals surface area (Å²) in [5.74, 6) is -2.27. The van der Waals surface area contributed by atoms with E-state index in [-0.39, 0.29) is 79.1 Å². The number of terminal acetylenes is 1. The molecule has 6 N–H and O–H groups in total. The number of hydrogen-bond acceptors (Lipinski definition) is 14. The maximum Gasteiger partial charge on any atom is 0.538 e. The zero-order valence-electron chi connectivity index (χ0n) is 29.4. The topological polar surface area (TPSA) is 253 Å². The van der Waals surface area contributed by atoms with E-state index in [1.165, 1.54) is 13.1 Å². The number of Topliss-reactive ketones (excluding diaryl/α,β-unsaturated/α-hetero) is 1. The molecule has 0 radical (unpaired) electrons. The van der Waals surface area contributed by atoms with Crippen molar-refractivity contribution in [2.45, 2.75) is 52.1 Å². The van der Waals surface area contributed by atoms with Crippen LogP contribution in [0.15, 0.2) is 59.5 Å². The van der Waals surface area contributed by atoms with Gasteiger partial charge in [0.1, 0.15) is 6.11 Å². The highest BCUT2D eigenvalue weighted by Crippen LogP contribution is 2.49. The Balaban J connectivity index is 1.32. The summed E-state index contributed by atoms with van der Waals surface area (Å²) in [5.41, 5.74) is 1.50. The Bertz CT molecular complexity index is 2120. The number of rotatable bonds is 21. The number of unbranched alkanes of at least 4 members (excludes halogenated alkanes) is 1. The predicted molar refractivity (Wildman–Crippen MR) is 197 cm³/mol. The number of carbonyl (C=O) groups is 4. The Hall–Kier alpha value is -6.15. The molecule has 0 aliphatic heterocycles. The van der Waals surface area contributed by atoms with Crippen molar-refractivity contribution >= 4 is 59.9 Å². The number of phosphoric ester groups is 1. The quantitative estimate of drug-likeness (QED) is 0.0400. The highest BCUT2D eigenvalue weighted by molar-refractivity contribution is 7.48. The monoisotopic (exact) mass is 762 g/mol. The van der Waals surface area contributed by atoms with Gasteiger partial charge in [0.15, 0.2) is 16.9 Å². The normalized spacial score (nSPS) is 12.5. The number of benzene rings is 2. The van der Waals surface area contributed by atoms with Gasteiger partial charge >= 0.3 is 19.4 Å². The van der Waals surface area contributed by atoms with Crippen LogP contribution < -0.4 is 26.8 Å². The second kappa shape index (κ2) is 19.6. The molecule has 2 aromatic carbocycles. The number of nitrogens with zero attached hydrogens (tertiary/aromatic N) is 3. The molecule has 0 saturated heterocycles. The minimum Gasteiger partial charge on any atom is -0.481 e. The fraction of sp³-hybridized carbons (Fsp3) is 0.314. The van der Waals surface area contributed by atoms with Gasteiger partial charge in [0.2, 0.25) is 5.95 Å². The molecule has 4 rings (SSSR count).